The van der Waals surface area contributed by atoms with Crippen LogP contribution in [-0.2, 0) is 20.1 Å². The van der Waals surface area contributed by atoms with Gasteiger partial charge < -0.3 is 4.98 Å². The SMILES string of the molecule is Cc1ncc(-c2ccc(-c3[c-]cccc3)nc2)cn1.[Ir]. The van der Waals surface area contributed by atoms with Gasteiger partial charge in [-0.3, -0.25) is 0 Å². The van der Waals surface area contributed by atoms with E-state index in [9.17, 15) is 0 Å². The third-order valence-electron chi connectivity index (χ3n) is 2.86. The van der Waals surface area contributed by atoms with Crippen molar-refractivity contribution in [2.24, 2.45) is 0 Å². The Hall–Kier alpha value is -1.90. The van der Waals surface area contributed by atoms with Crippen molar-refractivity contribution in [2.75, 3.05) is 0 Å². The Morgan fingerprint density at radius 3 is 2.20 bits per heavy atom. The summed E-state index contributed by atoms with van der Waals surface area (Å²) in [5, 5.41) is 0. The van der Waals surface area contributed by atoms with Crippen LogP contribution < -0.4 is 0 Å². The number of hydrogen-bond acceptors (Lipinski definition) is 3. The van der Waals surface area contributed by atoms with Gasteiger partial charge in [-0.15, -0.1) is 35.9 Å². The molecular formula is C16H12IrN3-. The van der Waals surface area contributed by atoms with Crippen LogP contribution in [0.2, 0.25) is 0 Å². The largest absolute Gasteiger partial charge is 0.304 e. The summed E-state index contributed by atoms with van der Waals surface area (Å²) in [6.07, 6.45) is 5.46. The first-order valence-corrected chi connectivity index (χ1v) is 6.05. The van der Waals surface area contributed by atoms with Crippen molar-refractivity contribution < 1.29 is 20.1 Å². The Kier molecular flexibility index (Phi) is 4.72. The van der Waals surface area contributed by atoms with E-state index >= 15 is 0 Å². The van der Waals surface area contributed by atoms with Crippen molar-refractivity contribution in [2.45, 2.75) is 6.92 Å². The van der Waals surface area contributed by atoms with Crippen molar-refractivity contribution in [1.29, 1.82) is 0 Å². The van der Waals surface area contributed by atoms with E-state index in [-0.39, 0.29) is 20.1 Å². The Bertz CT molecular complexity index is 664. The van der Waals surface area contributed by atoms with Crippen molar-refractivity contribution in [3.8, 4) is 22.4 Å². The molecule has 0 aliphatic heterocycles. The van der Waals surface area contributed by atoms with Gasteiger partial charge in [-0.05, 0) is 12.6 Å². The summed E-state index contributed by atoms with van der Waals surface area (Å²) in [7, 11) is 0. The number of benzene rings is 1. The fourth-order valence-electron chi connectivity index (χ4n) is 1.82. The molecule has 3 aromatic rings. The van der Waals surface area contributed by atoms with Crippen LogP contribution in [0.5, 0.6) is 0 Å². The maximum atomic E-state index is 4.46. The zero-order valence-corrected chi connectivity index (χ0v) is 13.3. The Labute approximate surface area is 131 Å². The van der Waals surface area contributed by atoms with Gasteiger partial charge in [0.25, 0.3) is 0 Å². The van der Waals surface area contributed by atoms with Gasteiger partial charge in [-0.2, -0.15) is 0 Å². The molecule has 0 bridgehead atoms. The minimum Gasteiger partial charge on any atom is -0.304 e. The van der Waals surface area contributed by atoms with Gasteiger partial charge in [0, 0.05) is 49.8 Å². The second-order valence-electron chi connectivity index (χ2n) is 4.23. The standard InChI is InChI=1S/C16H12N3.Ir/c1-12-17-10-15(11-18-12)14-7-8-16(19-9-14)13-5-3-2-4-6-13;/h2-5,7-11H,1H3;/q-1;. The molecule has 0 N–H and O–H groups in total. The molecule has 0 aliphatic rings. The predicted octanol–water partition coefficient (Wildman–Crippen LogP) is 3.31. The summed E-state index contributed by atoms with van der Waals surface area (Å²) in [5.74, 6) is 0.771. The second kappa shape index (κ2) is 6.51. The number of aryl methyl sites for hydroxylation is 1. The van der Waals surface area contributed by atoms with Gasteiger partial charge in [0.05, 0.1) is 0 Å². The first-order chi connectivity index (χ1) is 9.33. The minimum atomic E-state index is 0. The normalized spacial score (nSPS) is 9.85. The maximum absolute atomic E-state index is 4.46. The molecule has 1 radical (unpaired) electrons. The van der Waals surface area contributed by atoms with Crippen LogP contribution in [0, 0.1) is 13.0 Å². The number of aromatic nitrogens is 3. The van der Waals surface area contributed by atoms with Gasteiger partial charge in [-0.1, -0.05) is 12.1 Å². The van der Waals surface area contributed by atoms with Gasteiger partial charge in [-0.25, -0.2) is 9.97 Å². The number of hydrogen-bond donors (Lipinski definition) is 0. The van der Waals surface area contributed by atoms with Crippen molar-refractivity contribution >= 4 is 0 Å². The molecule has 3 rings (SSSR count). The van der Waals surface area contributed by atoms with E-state index in [1.807, 2.05) is 61.9 Å². The molecule has 0 spiro atoms. The fraction of sp³-hybridized carbons (Fsp3) is 0.0625. The maximum Gasteiger partial charge on any atom is 0.125 e. The Balaban J connectivity index is 0.00000147. The quantitative estimate of drug-likeness (QED) is 0.577. The van der Waals surface area contributed by atoms with Crippen molar-refractivity contribution in [3.63, 3.8) is 0 Å². The summed E-state index contributed by atoms with van der Waals surface area (Å²) < 4.78 is 0. The van der Waals surface area contributed by atoms with Gasteiger partial charge in [0.15, 0.2) is 0 Å². The summed E-state index contributed by atoms with van der Waals surface area (Å²) in [6.45, 7) is 1.87. The number of nitrogens with zero attached hydrogens (tertiary/aromatic N) is 3. The molecule has 0 aliphatic carbocycles. The van der Waals surface area contributed by atoms with Crippen LogP contribution >= 0.6 is 0 Å². The van der Waals surface area contributed by atoms with Gasteiger partial charge in [0.2, 0.25) is 0 Å². The van der Waals surface area contributed by atoms with Gasteiger partial charge >= 0.3 is 0 Å². The average Bonchev–Trinajstić information content (AvgIpc) is 2.49. The molecule has 0 saturated heterocycles. The molecule has 20 heavy (non-hydrogen) atoms. The van der Waals surface area contributed by atoms with Crippen molar-refractivity contribution in [1.82, 2.24) is 15.0 Å². The first kappa shape index (κ1) is 14.5. The summed E-state index contributed by atoms with van der Waals surface area (Å²) >= 11 is 0. The molecule has 1 aromatic carbocycles. The molecule has 0 amide bonds. The molecule has 0 fully saturated rings. The van der Waals surface area contributed by atoms with E-state index in [1.54, 1.807) is 0 Å². The first-order valence-electron chi connectivity index (χ1n) is 6.05. The van der Waals surface area contributed by atoms with Crippen LogP contribution in [0.25, 0.3) is 22.4 Å². The summed E-state index contributed by atoms with van der Waals surface area (Å²) in [4.78, 5) is 12.8. The molecule has 0 saturated carbocycles. The van der Waals surface area contributed by atoms with E-state index in [0.717, 1.165) is 28.2 Å². The zero-order valence-electron chi connectivity index (χ0n) is 10.9. The summed E-state index contributed by atoms with van der Waals surface area (Å²) in [5.41, 5.74) is 3.90. The van der Waals surface area contributed by atoms with Gasteiger partial charge in [0.1, 0.15) is 5.82 Å². The molecule has 2 aromatic heterocycles. The molecule has 4 heteroatoms. The van der Waals surface area contributed by atoms with E-state index in [4.69, 9.17) is 0 Å². The van der Waals surface area contributed by atoms with E-state index < -0.39 is 0 Å². The monoisotopic (exact) mass is 439 g/mol. The van der Waals surface area contributed by atoms with E-state index in [0.29, 0.717) is 0 Å². The molecule has 2 heterocycles. The third-order valence-corrected chi connectivity index (χ3v) is 2.86. The van der Waals surface area contributed by atoms with Crippen LogP contribution in [0.1, 0.15) is 5.82 Å². The Morgan fingerprint density at radius 1 is 0.850 bits per heavy atom. The number of pyridine rings is 1. The van der Waals surface area contributed by atoms with Crippen molar-refractivity contribution in [3.05, 3.63) is 66.9 Å². The zero-order chi connectivity index (χ0) is 13.1. The minimum absolute atomic E-state index is 0. The van der Waals surface area contributed by atoms with Crippen LogP contribution in [0.4, 0.5) is 0 Å². The predicted molar refractivity (Wildman–Crippen MR) is 74.3 cm³/mol. The Morgan fingerprint density at radius 2 is 1.60 bits per heavy atom. The van der Waals surface area contributed by atoms with Crippen LogP contribution in [0.3, 0.4) is 0 Å². The molecule has 101 valence electrons. The van der Waals surface area contributed by atoms with Crippen LogP contribution in [0.15, 0.2) is 55.0 Å². The smallest absolute Gasteiger partial charge is 0.125 e. The second-order valence-corrected chi connectivity index (χ2v) is 4.23. The molecule has 0 unspecified atom stereocenters. The third kappa shape index (κ3) is 3.16. The molecule has 3 nitrogen and oxygen atoms in total. The van der Waals surface area contributed by atoms with Crippen LogP contribution in [-0.4, -0.2) is 15.0 Å². The summed E-state index contributed by atoms with van der Waals surface area (Å²) in [6, 6.07) is 15.0. The average molecular weight is 439 g/mol. The van der Waals surface area contributed by atoms with E-state index in [2.05, 4.69) is 21.0 Å². The topological polar surface area (TPSA) is 38.7 Å². The number of rotatable bonds is 2. The fourth-order valence-corrected chi connectivity index (χ4v) is 1.82. The molecular weight excluding hydrogens is 426 g/mol. The van der Waals surface area contributed by atoms with E-state index in [1.165, 1.54) is 0 Å². The molecule has 0 atom stereocenters.